The summed E-state index contributed by atoms with van der Waals surface area (Å²) >= 11 is 0. The third-order valence-corrected chi connectivity index (χ3v) is 3.67. The zero-order valence-electron chi connectivity index (χ0n) is 13.7. The summed E-state index contributed by atoms with van der Waals surface area (Å²) in [4.78, 5) is 20.5. The van der Waals surface area contributed by atoms with Crippen LogP contribution in [0.15, 0.2) is 24.4 Å². The largest absolute Gasteiger partial charge is 0.383 e. The summed E-state index contributed by atoms with van der Waals surface area (Å²) in [6, 6.07) is 2.90. The van der Waals surface area contributed by atoms with E-state index in [4.69, 9.17) is 0 Å². The number of carbonyl (C=O) groups is 1. The second-order valence-corrected chi connectivity index (χ2v) is 5.71. The van der Waals surface area contributed by atoms with Crippen LogP contribution < -0.4 is 5.32 Å². The van der Waals surface area contributed by atoms with Gasteiger partial charge in [0, 0.05) is 17.8 Å². The predicted molar refractivity (Wildman–Crippen MR) is 84.4 cm³/mol. The van der Waals surface area contributed by atoms with Gasteiger partial charge >= 0.3 is 0 Å². The molecule has 0 aliphatic rings. The first kappa shape index (κ1) is 17.9. The molecule has 1 atom stereocenters. The van der Waals surface area contributed by atoms with Crippen molar-refractivity contribution in [1.82, 2.24) is 15.3 Å². The lowest BCUT2D eigenvalue weighted by Gasteiger charge is -2.25. The van der Waals surface area contributed by atoms with E-state index in [1.54, 1.807) is 6.92 Å². The van der Waals surface area contributed by atoms with E-state index in [9.17, 15) is 18.7 Å². The molecule has 0 saturated heterocycles. The van der Waals surface area contributed by atoms with Gasteiger partial charge in [-0.05, 0) is 26.3 Å². The Hall–Kier alpha value is -2.41. The molecule has 0 saturated carbocycles. The van der Waals surface area contributed by atoms with Gasteiger partial charge in [-0.25, -0.2) is 18.7 Å². The maximum atomic E-state index is 13.8. The van der Waals surface area contributed by atoms with Crippen molar-refractivity contribution in [2.24, 2.45) is 0 Å². The summed E-state index contributed by atoms with van der Waals surface area (Å²) in [6.45, 7) is 4.69. The first-order valence-corrected chi connectivity index (χ1v) is 7.53. The average molecular weight is 335 g/mol. The number of hydrogen-bond acceptors (Lipinski definition) is 4. The number of amides is 1. The van der Waals surface area contributed by atoms with Crippen molar-refractivity contribution in [3.05, 3.63) is 58.7 Å². The van der Waals surface area contributed by atoms with Crippen LogP contribution in [0.3, 0.4) is 0 Å². The minimum atomic E-state index is -1.69. The minimum Gasteiger partial charge on any atom is -0.383 e. The summed E-state index contributed by atoms with van der Waals surface area (Å²) < 4.78 is 26.8. The monoisotopic (exact) mass is 335 g/mol. The number of rotatable bonds is 5. The van der Waals surface area contributed by atoms with Crippen LogP contribution >= 0.6 is 0 Å². The molecule has 0 unspecified atom stereocenters. The van der Waals surface area contributed by atoms with Crippen LogP contribution in [-0.2, 0) is 12.0 Å². The molecule has 0 fully saturated rings. The lowest BCUT2D eigenvalue weighted by Crippen LogP contribution is -2.39. The van der Waals surface area contributed by atoms with Gasteiger partial charge in [-0.15, -0.1) is 0 Å². The molecule has 128 valence electrons. The Morgan fingerprint density at radius 2 is 2.08 bits per heavy atom. The van der Waals surface area contributed by atoms with Crippen molar-refractivity contribution in [2.45, 2.75) is 32.8 Å². The molecule has 1 heterocycles. The van der Waals surface area contributed by atoms with Crippen LogP contribution in [0.4, 0.5) is 8.78 Å². The SMILES string of the molecule is CCc1nc(C)ncc1C(=O)NC[C@](C)(O)c1ccc(F)cc1F. The van der Waals surface area contributed by atoms with Crippen LogP contribution in [0.5, 0.6) is 0 Å². The number of halogens is 2. The van der Waals surface area contributed by atoms with Crippen molar-refractivity contribution < 1.29 is 18.7 Å². The summed E-state index contributed by atoms with van der Waals surface area (Å²) in [5.74, 6) is -1.51. The highest BCUT2D eigenvalue weighted by atomic mass is 19.1. The van der Waals surface area contributed by atoms with Gasteiger partial charge in [0.05, 0.1) is 17.8 Å². The molecule has 0 bridgehead atoms. The molecular weight excluding hydrogens is 316 g/mol. The van der Waals surface area contributed by atoms with Crippen molar-refractivity contribution in [3.8, 4) is 0 Å². The normalized spacial score (nSPS) is 13.4. The molecule has 0 radical (unpaired) electrons. The molecule has 2 rings (SSSR count). The quantitative estimate of drug-likeness (QED) is 0.879. The molecule has 1 aromatic heterocycles. The van der Waals surface area contributed by atoms with Crippen molar-refractivity contribution in [3.63, 3.8) is 0 Å². The van der Waals surface area contributed by atoms with Gasteiger partial charge in [-0.3, -0.25) is 4.79 Å². The number of aliphatic hydroxyl groups is 1. The molecular formula is C17H19F2N3O2. The van der Waals surface area contributed by atoms with Gasteiger partial charge in [0.1, 0.15) is 23.1 Å². The molecule has 2 aromatic rings. The van der Waals surface area contributed by atoms with Crippen LogP contribution in [0, 0.1) is 18.6 Å². The number of aromatic nitrogens is 2. The fraction of sp³-hybridized carbons (Fsp3) is 0.353. The Morgan fingerprint density at radius 1 is 1.38 bits per heavy atom. The number of hydrogen-bond donors (Lipinski definition) is 2. The third kappa shape index (κ3) is 3.91. The maximum Gasteiger partial charge on any atom is 0.254 e. The van der Waals surface area contributed by atoms with Crippen molar-refractivity contribution in [1.29, 1.82) is 0 Å². The molecule has 0 spiro atoms. The van der Waals surface area contributed by atoms with Gasteiger partial charge in [0.2, 0.25) is 0 Å². The predicted octanol–water partition coefficient (Wildman–Crippen LogP) is 2.26. The van der Waals surface area contributed by atoms with E-state index < -0.39 is 23.1 Å². The van der Waals surface area contributed by atoms with E-state index in [1.165, 1.54) is 13.1 Å². The Labute approximate surface area is 138 Å². The summed E-state index contributed by atoms with van der Waals surface area (Å²) in [5.41, 5.74) is -0.892. The summed E-state index contributed by atoms with van der Waals surface area (Å²) in [6.07, 6.45) is 1.97. The fourth-order valence-electron chi connectivity index (χ4n) is 2.35. The number of benzene rings is 1. The zero-order chi connectivity index (χ0) is 17.9. The zero-order valence-corrected chi connectivity index (χ0v) is 13.7. The number of aryl methyl sites for hydroxylation is 2. The number of carbonyl (C=O) groups excluding carboxylic acids is 1. The van der Waals surface area contributed by atoms with E-state index in [1.807, 2.05) is 6.92 Å². The van der Waals surface area contributed by atoms with E-state index in [0.717, 1.165) is 12.1 Å². The lowest BCUT2D eigenvalue weighted by molar-refractivity contribution is 0.0494. The Balaban J connectivity index is 2.15. The Morgan fingerprint density at radius 3 is 2.71 bits per heavy atom. The van der Waals surface area contributed by atoms with E-state index >= 15 is 0 Å². The molecule has 2 N–H and O–H groups in total. The smallest absolute Gasteiger partial charge is 0.254 e. The first-order valence-electron chi connectivity index (χ1n) is 7.53. The van der Waals surface area contributed by atoms with Crippen LogP contribution in [0.25, 0.3) is 0 Å². The lowest BCUT2D eigenvalue weighted by atomic mass is 9.95. The third-order valence-electron chi connectivity index (χ3n) is 3.67. The number of nitrogens with one attached hydrogen (secondary N) is 1. The highest BCUT2D eigenvalue weighted by molar-refractivity contribution is 5.95. The molecule has 0 aliphatic carbocycles. The standard InChI is InChI=1S/C17H19F2N3O2/c1-4-15-12(8-20-10(2)22-15)16(23)21-9-17(3,24)13-6-5-11(18)7-14(13)19/h5-8,24H,4,9H2,1-3H3,(H,21,23)/t17-/m0/s1. The van der Waals surface area contributed by atoms with E-state index in [2.05, 4.69) is 15.3 Å². The molecule has 1 aromatic carbocycles. The van der Waals surface area contributed by atoms with Crippen molar-refractivity contribution >= 4 is 5.91 Å². The summed E-state index contributed by atoms with van der Waals surface area (Å²) in [7, 11) is 0. The fourth-order valence-corrected chi connectivity index (χ4v) is 2.35. The second-order valence-electron chi connectivity index (χ2n) is 5.71. The Kier molecular flexibility index (Phi) is 5.23. The molecule has 1 amide bonds. The molecule has 5 nitrogen and oxygen atoms in total. The van der Waals surface area contributed by atoms with Gasteiger partial charge in [-0.2, -0.15) is 0 Å². The van der Waals surface area contributed by atoms with Crippen LogP contribution in [-0.4, -0.2) is 27.5 Å². The molecule has 24 heavy (non-hydrogen) atoms. The van der Waals surface area contributed by atoms with Gasteiger partial charge in [0.25, 0.3) is 5.91 Å². The Bertz CT molecular complexity index is 763. The van der Waals surface area contributed by atoms with E-state index in [-0.39, 0.29) is 12.1 Å². The highest BCUT2D eigenvalue weighted by Gasteiger charge is 2.28. The topological polar surface area (TPSA) is 75.1 Å². The number of nitrogens with zero attached hydrogens (tertiary/aromatic N) is 2. The van der Waals surface area contributed by atoms with Crippen LogP contribution in [0.1, 0.15) is 41.3 Å². The minimum absolute atomic E-state index is 0.0972. The van der Waals surface area contributed by atoms with E-state index in [0.29, 0.717) is 29.6 Å². The van der Waals surface area contributed by atoms with Gasteiger partial charge in [0.15, 0.2) is 0 Å². The molecule has 0 aliphatic heterocycles. The second kappa shape index (κ2) is 7.00. The van der Waals surface area contributed by atoms with Gasteiger partial charge < -0.3 is 10.4 Å². The van der Waals surface area contributed by atoms with Crippen LogP contribution in [0.2, 0.25) is 0 Å². The average Bonchev–Trinajstić information content (AvgIpc) is 2.52. The highest BCUT2D eigenvalue weighted by Crippen LogP contribution is 2.23. The maximum absolute atomic E-state index is 13.8. The first-order chi connectivity index (χ1) is 11.2. The summed E-state index contributed by atoms with van der Waals surface area (Å²) in [5, 5.41) is 13.0. The van der Waals surface area contributed by atoms with Crippen molar-refractivity contribution in [2.75, 3.05) is 6.54 Å². The van der Waals surface area contributed by atoms with Gasteiger partial charge in [-0.1, -0.05) is 13.0 Å². The molecule has 7 heteroatoms.